The zero-order chi connectivity index (χ0) is 12.1. The van der Waals surface area contributed by atoms with E-state index in [1.165, 1.54) is 11.9 Å². The van der Waals surface area contributed by atoms with Crippen LogP contribution in [-0.4, -0.2) is 9.97 Å². The fraction of sp³-hybridized carbons (Fsp3) is 0.231. The molecule has 0 saturated heterocycles. The fourth-order valence-corrected chi connectivity index (χ4v) is 1.77. The summed E-state index contributed by atoms with van der Waals surface area (Å²) >= 11 is 0. The Kier molecular flexibility index (Phi) is 3.80. The van der Waals surface area contributed by atoms with Crippen LogP contribution in [0.1, 0.15) is 29.8 Å². The third-order valence-electron chi connectivity index (χ3n) is 2.79. The first kappa shape index (κ1) is 11.7. The lowest BCUT2D eigenvalue weighted by atomic mass is 10.0. The highest BCUT2D eigenvalue weighted by Crippen LogP contribution is 2.19. The summed E-state index contributed by atoms with van der Waals surface area (Å²) in [6.07, 6.45) is 4.28. The standard InChI is InChI=1S/C13H16N4/c1-2-10-3-5-11(6-4-10)13(17-14)12-7-8-15-9-16-12/h3-9,13,17H,2,14H2,1H3. The molecule has 0 saturated carbocycles. The van der Waals surface area contributed by atoms with Crippen molar-refractivity contribution in [2.24, 2.45) is 5.84 Å². The maximum atomic E-state index is 5.60. The van der Waals surface area contributed by atoms with Crippen molar-refractivity contribution in [2.75, 3.05) is 0 Å². The van der Waals surface area contributed by atoms with Crippen LogP contribution in [0.15, 0.2) is 42.9 Å². The number of rotatable bonds is 4. The zero-order valence-electron chi connectivity index (χ0n) is 9.80. The van der Waals surface area contributed by atoms with Gasteiger partial charge in [0.2, 0.25) is 0 Å². The molecule has 4 nitrogen and oxygen atoms in total. The van der Waals surface area contributed by atoms with Crippen LogP contribution in [0.25, 0.3) is 0 Å². The molecule has 1 unspecified atom stereocenters. The van der Waals surface area contributed by atoms with Crippen molar-refractivity contribution in [3.05, 3.63) is 59.7 Å². The number of hydrazine groups is 1. The van der Waals surface area contributed by atoms with Gasteiger partial charge >= 0.3 is 0 Å². The Morgan fingerprint density at radius 2 is 2.00 bits per heavy atom. The molecular formula is C13H16N4. The summed E-state index contributed by atoms with van der Waals surface area (Å²) in [7, 11) is 0. The van der Waals surface area contributed by atoms with Crippen molar-refractivity contribution < 1.29 is 0 Å². The minimum Gasteiger partial charge on any atom is -0.271 e. The van der Waals surface area contributed by atoms with Gasteiger partial charge in [-0.25, -0.2) is 15.4 Å². The Morgan fingerprint density at radius 3 is 2.53 bits per heavy atom. The van der Waals surface area contributed by atoms with Crippen molar-refractivity contribution in [2.45, 2.75) is 19.4 Å². The van der Waals surface area contributed by atoms with Gasteiger partial charge in [-0.2, -0.15) is 0 Å². The summed E-state index contributed by atoms with van der Waals surface area (Å²) in [6, 6.07) is 10.1. The number of hydrogen-bond acceptors (Lipinski definition) is 4. The van der Waals surface area contributed by atoms with Gasteiger partial charge in [0.1, 0.15) is 6.33 Å². The number of aryl methyl sites for hydroxylation is 1. The number of aromatic nitrogens is 2. The minimum absolute atomic E-state index is 0.0936. The van der Waals surface area contributed by atoms with Crippen LogP contribution in [0.5, 0.6) is 0 Å². The molecule has 0 aliphatic rings. The van der Waals surface area contributed by atoms with Crippen LogP contribution < -0.4 is 11.3 Å². The predicted molar refractivity (Wildman–Crippen MR) is 67.0 cm³/mol. The third-order valence-corrected chi connectivity index (χ3v) is 2.79. The Bertz CT molecular complexity index is 453. The number of benzene rings is 1. The molecule has 2 rings (SSSR count). The third kappa shape index (κ3) is 2.67. The van der Waals surface area contributed by atoms with Gasteiger partial charge in [-0.1, -0.05) is 31.2 Å². The van der Waals surface area contributed by atoms with Crippen molar-refractivity contribution in [1.82, 2.24) is 15.4 Å². The van der Waals surface area contributed by atoms with E-state index in [0.29, 0.717) is 0 Å². The van der Waals surface area contributed by atoms with E-state index in [1.54, 1.807) is 6.20 Å². The second-order valence-electron chi connectivity index (χ2n) is 3.83. The lowest BCUT2D eigenvalue weighted by Gasteiger charge is -2.15. The van der Waals surface area contributed by atoms with Crippen LogP contribution in [0.3, 0.4) is 0 Å². The van der Waals surface area contributed by atoms with Gasteiger partial charge in [0.25, 0.3) is 0 Å². The average molecular weight is 228 g/mol. The first-order valence-corrected chi connectivity index (χ1v) is 5.66. The number of nitrogens with two attached hydrogens (primary N) is 1. The molecule has 0 radical (unpaired) electrons. The largest absolute Gasteiger partial charge is 0.271 e. The summed E-state index contributed by atoms with van der Waals surface area (Å²) in [4.78, 5) is 8.12. The Balaban J connectivity index is 2.29. The molecule has 0 fully saturated rings. The number of nitrogens with zero attached hydrogens (tertiary/aromatic N) is 2. The summed E-state index contributed by atoms with van der Waals surface area (Å²) in [5.41, 5.74) is 6.06. The van der Waals surface area contributed by atoms with Gasteiger partial charge in [-0.3, -0.25) is 5.84 Å². The number of nitrogens with one attached hydrogen (secondary N) is 1. The molecule has 3 N–H and O–H groups in total. The van der Waals surface area contributed by atoms with Gasteiger partial charge in [-0.05, 0) is 23.6 Å². The number of hydrogen-bond donors (Lipinski definition) is 2. The van der Waals surface area contributed by atoms with E-state index in [-0.39, 0.29) is 6.04 Å². The summed E-state index contributed by atoms with van der Waals surface area (Å²) < 4.78 is 0. The van der Waals surface area contributed by atoms with Crippen molar-refractivity contribution in [3.8, 4) is 0 Å². The first-order valence-electron chi connectivity index (χ1n) is 5.66. The SMILES string of the molecule is CCc1ccc(C(NN)c2ccncn2)cc1. The van der Waals surface area contributed by atoms with E-state index < -0.39 is 0 Å². The molecule has 17 heavy (non-hydrogen) atoms. The molecule has 2 aromatic rings. The second kappa shape index (κ2) is 5.52. The van der Waals surface area contributed by atoms with Crippen molar-refractivity contribution >= 4 is 0 Å². The fourth-order valence-electron chi connectivity index (χ4n) is 1.77. The molecule has 0 aliphatic heterocycles. The molecule has 1 aromatic heterocycles. The Hall–Kier alpha value is -1.78. The maximum Gasteiger partial charge on any atom is 0.115 e. The lowest BCUT2D eigenvalue weighted by Crippen LogP contribution is -2.29. The molecule has 1 aromatic carbocycles. The highest BCUT2D eigenvalue weighted by atomic mass is 15.2. The van der Waals surface area contributed by atoms with Gasteiger partial charge in [-0.15, -0.1) is 0 Å². The van der Waals surface area contributed by atoms with Crippen LogP contribution in [0.2, 0.25) is 0 Å². The normalized spacial score (nSPS) is 12.4. The average Bonchev–Trinajstić information content (AvgIpc) is 2.42. The first-order chi connectivity index (χ1) is 8.35. The predicted octanol–water partition coefficient (Wildman–Crippen LogP) is 1.59. The summed E-state index contributed by atoms with van der Waals surface area (Å²) in [5, 5.41) is 0. The van der Waals surface area contributed by atoms with Crippen LogP contribution in [-0.2, 0) is 6.42 Å². The highest BCUT2D eigenvalue weighted by Gasteiger charge is 2.12. The van der Waals surface area contributed by atoms with E-state index in [1.807, 2.05) is 6.07 Å². The van der Waals surface area contributed by atoms with Gasteiger partial charge < -0.3 is 0 Å². The Morgan fingerprint density at radius 1 is 1.24 bits per heavy atom. The van der Waals surface area contributed by atoms with Crippen LogP contribution in [0, 0.1) is 0 Å². The molecular weight excluding hydrogens is 212 g/mol. The van der Waals surface area contributed by atoms with Crippen molar-refractivity contribution in [1.29, 1.82) is 0 Å². The van der Waals surface area contributed by atoms with Gasteiger partial charge in [0.05, 0.1) is 11.7 Å². The molecule has 0 spiro atoms. The maximum absolute atomic E-state index is 5.60. The van der Waals surface area contributed by atoms with Crippen LogP contribution >= 0.6 is 0 Å². The quantitative estimate of drug-likeness (QED) is 0.616. The van der Waals surface area contributed by atoms with E-state index >= 15 is 0 Å². The zero-order valence-corrected chi connectivity index (χ0v) is 9.80. The summed E-state index contributed by atoms with van der Waals surface area (Å²) in [5.74, 6) is 5.60. The highest BCUT2D eigenvalue weighted by molar-refractivity contribution is 5.29. The molecule has 88 valence electrons. The monoisotopic (exact) mass is 228 g/mol. The molecule has 4 heteroatoms. The van der Waals surface area contributed by atoms with Gasteiger partial charge in [0, 0.05) is 6.20 Å². The molecule has 0 bridgehead atoms. The molecule has 0 amide bonds. The molecule has 0 aliphatic carbocycles. The summed E-state index contributed by atoms with van der Waals surface area (Å²) in [6.45, 7) is 2.14. The smallest absolute Gasteiger partial charge is 0.115 e. The van der Waals surface area contributed by atoms with E-state index in [4.69, 9.17) is 5.84 Å². The van der Waals surface area contributed by atoms with Gasteiger partial charge in [0.15, 0.2) is 0 Å². The topological polar surface area (TPSA) is 63.8 Å². The second-order valence-corrected chi connectivity index (χ2v) is 3.83. The van der Waals surface area contributed by atoms with Crippen LogP contribution in [0.4, 0.5) is 0 Å². The Labute approximate surface area is 101 Å². The van der Waals surface area contributed by atoms with E-state index in [0.717, 1.165) is 17.7 Å². The molecule has 1 heterocycles. The minimum atomic E-state index is -0.0936. The van der Waals surface area contributed by atoms with Crippen molar-refractivity contribution in [3.63, 3.8) is 0 Å². The molecule has 1 atom stereocenters. The van der Waals surface area contributed by atoms with E-state index in [2.05, 4.69) is 46.6 Å². The van der Waals surface area contributed by atoms with E-state index in [9.17, 15) is 0 Å². The lowest BCUT2D eigenvalue weighted by molar-refractivity contribution is 0.618.